The number of rotatable bonds is 4. The molecule has 0 bridgehead atoms. The molecule has 100 valence electrons. The van der Waals surface area contributed by atoms with Gasteiger partial charge >= 0.3 is 0 Å². The number of aryl methyl sites for hydroxylation is 1. The van der Waals surface area contributed by atoms with Crippen molar-refractivity contribution < 1.29 is 14.0 Å². The lowest BCUT2D eigenvalue weighted by Crippen LogP contribution is -1.90. The lowest BCUT2D eigenvalue weighted by Gasteiger charge is -2.07. The first kappa shape index (κ1) is 13.0. The molecule has 0 atom stereocenters. The van der Waals surface area contributed by atoms with Gasteiger partial charge in [-0.25, -0.2) is 0 Å². The minimum Gasteiger partial charge on any atom is -0.497 e. The number of benzene rings is 1. The highest BCUT2D eigenvalue weighted by molar-refractivity contribution is 5.76. The fourth-order valence-electron chi connectivity index (χ4n) is 1.64. The Balaban J connectivity index is 2.30. The van der Waals surface area contributed by atoms with E-state index in [0.717, 1.165) is 17.1 Å². The first-order valence-corrected chi connectivity index (χ1v) is 5.77. The molecule has 1 heterocycles. The first-order valence-electron chi connectivity index (χ1n) is 5.77. The van der Waals surface area contributed by atoms with E-state index < -0.39 is 0 Å². The second kappa shape index (κ2) is 5.48. The van der Waals surface area contributed by atoms with Gasteiger partial charge in [0.2, 0.25) is 0 Å². The Hall–Kier alpha value is -2.43. The molecule has 19 heavy (non-hydrogen) atoms. The van der Waals surface area contributed by atoms with Crippen molar-refractivity contribution in [3.05, 3.63) is 35.2 Å². The predicted octanol–water partition coefficient (Wildman–Crippen LogP) is 2.75. The van der Waals surface area contributed by atoms with Gasteiger partial charge in [-0.1, -0.05) is 5.16 Å². The third-order valence-corrected chi connectivity index (χ3v) is 2.80. The van der Waals surface area contributed by atoms with Crippen molar-refractivity contribution in [1.82, 2.24) is 5.16 Å². The van der Waals surface area contributed by atoms with E-state index in [2.05, 4.69) is 5.16 Å². The Bertz CT molecular complexity index is 603. The molecule has 1 aromatic heterocycles. The van der Waals surface area contributed by atoms with E-state index in [4.69, 9.17) is 19.7 Å². The van der Waals surface area contributed by atoms with E-state index in [1.54, 1.807) is 27.2 Å². The molecule has 0 amide bonds. The molecule has 2 N–H and O–H groups in total. The minimum absolute atomic E-state index is 0.545. The number of anilines is 1. The molecular formula is C14H16N2O3. The largest absolute Gasteiger partial charge is 0.497 e. The van der Waals surface area contributed by atoms with Crippen LogP contribution in [0.25, 0.3) is 12.2 Å². The zero-order chi connectivity index (χ0) is 13.8. The van der Waals surface area contributed by atoms with Gasteiger partial charge in [-0.2, -0.15) is 0 Å². The molecule has 0 aliphatic heterocycles. The van der Waals surface area contributed by atoms with Crippen LogP contribution in [0, 0.1) is 6.92 Å². The van der Waals surface area contributed by atoms with E-state index in [1.807, 2.05) is 24.3 Å². The second-order valence-electron chi connectivity index (χ2n) is 3.98. The Morgan fingerprint density at radius 3 is 2.58 bits per heavy atom. The molecule has 2 aromatic rings. The van der Waals surface area contributed by atoms with E-state index in [-0.39, 0.29) is 0 Å². The lowest BCUT2D eigenvalue weighted by atomic mass is 10.1. The number of methoxy groups -OCH3 is 2. The monoisotopic (exact) mass is 260 g/mol. The SMILES string of the molecule is COc1ccc(C=Cc2noc(C)c2N)c(OC)c1. The summed E-state index contributed by atoms with van der Waals surface area (Å²) in [5.74, 6) is 2.07. The van der Waals surface area contributed by atoms with Gasteiger partial charge in [0.05, 0.1) is 14.2 Å². The fraction of sp³-hybridized carbons (Fsp3) is 0.214. The molecule has 0 saturated carbocycles. The maximum absolute atomic E-state index is 5.82. The third-order valence-electron chi connectivity index (χ3n) is 2.80. The summed E-state index contributed by atoms with van der Waals surface area (Å²) in [6.07, 6.45) is 3.65. The van der Waals surface area contributed by atoms with Crippen LogP contribution in [0.3, 0.4) is 0 Å². The van der Waals surface area contributed by atoms with E-state index >= 15 is 0 Å². The van der Waals surface area contributed by atoms with Crippen molar-refractivity contribution in [1.29, 1.82) is 0 Å². The van der Waals surface area contributed by atoms with Gasteiger partial charge in [-0.05, 0) is 31.2 Å². The third kappa shape index (κ3) is 2.70. The number of nitrogens with zero attached hydrogens (tertiary/aromatic N) is 1. The molecule has 0 radical (unpaired) electrons. The molecule has 5 nitrogen and oxygen atoms in total. The molecule has 0 aliphatic rings. The molecule has 0 fully saturated rings. The Labute approximate surface area is 111 Å². The second-order valence-corrected chi connectivity index (χ2v) is 3.98. The highest BCUT2D eigenvalue weighted by Crippen LogP contribution is 2.27. The number of aromatic nitrogens is 1. The van der Waals surface area contributed by atoms with Crippen LogP contribution in [0.5, 0.6) is 11.5 Å². The zero-order valence-electron chi connectivity index (χ0n) is 11.1. The van der Waals surface area contributed by atoms with Gasteiger partial charge in [0, 0.05) is 11.6 Å². The standard InChI is InChI=1S/C14H16N2O3/c1-9-14(15)12(16-19-9)7-5-10-4-6-11(17-2)8-13(10)18-3/h4-8H,15H2,1-3H3. The molecular weight excluding hydrogens is 244 g/mol. The van der Waals surface area contributed by atoms with Gasteiger partial charge in [0.15, 0.2) is 5.76 Å². The Kier molecular flexibility index (Phi) is 3.75. The number of hydrogen-bond donors (Lipinski definition) is 1. The van der Waals surface area contributed by atoms with Crippen LogP contribution in [-0.4, -0.2) is 19.4 Å². The van der Waals surface area contributed by atoms with Crippen LogP contribution < -0.4 is 15.2 Å². The molecule has 0 aliphatic carbocycles. The Morgan fingerprint density at radius 2 is 2.00 bits per heavy atom. The quantitative estimate of drug-likeness (QED) is 0.915. The number of hydrogen-bond acceptors (Lipinski definition) is 5. The highest BCUT2D eigenvalue weighted by atomic mass is 16.5. The van der Waals surface area contributed by atoms with Crippen LogP contribution in [-0.2, 0) is 0 Å². The molecule has 0 unspecified atom stereocenters. The van der Waals surface area contributed by atoms with Crippen LogP contribution >= 0.6 is 0 Å². The summed E-state index contributed by atoms with van der Waals surface area (Å²) in [7, 11) is 3.23. The van der Waals surface area contributed by atoms with E-state index in [0.29, 0.717) is 17.1 Å². The normalized spacial score (nSPS) is 10.9. The van der Waals surface area contributed by atoms with Crippen molar-refractivity contribution >= 4 is 17.8 Å². The zero-order valence-corrected chi connectivity index (χ0v) is 11.1. The average molecular weight is 260 g/mol. The fourth-order valence-corrected chi connectivity index (χ4v) is 1.64. The van der Waals surface area contributed by atoms with Crippen molar-refractivity contribution in [2.75, 3.05) is 20.0 Å². The summed E-state index contributed by atoms with van der Waals surface area (Å²) in [5, 5.41) is 3.87. The number of ether oxygens (including phenoxy) is 2. The van der Waals surface area contributed by atoms with Gasteiger partial charge in [-0.15, -0.1) is 0 Å². The van der Waals surface area contributed by atoms with E-state index in [1.165, 1.54) is 0 Å². The summed E-state index contributed by atoms with van der Waals surface area (Å²) in [6, 6.07) is 5.58. The molecule has 1 aromatic carbocycles. The predicted molar refractivity (Wildman–Crippen MR) is 74.1 cm³/mol. The summed E-state index contributed by atoms with van der Waals surface area (Å²) in [6.45, 7) is 1.77. The maximum Gasteiger partial charge on any atom is 0.157 e. The topological polar surface area (TPSA) is 70.5 Å². The average Bonchev–Trinajstić information content (AvgIpc) is 2.76. The van der Waals surface area contributed by atoms with Gasteiger partial charge < -0.3 is 19.7 Å². The maximum atomic E-state index is 5.82. The summed E-state index contributed by atoms with van der Waals surface area (Å²) < 4.78 is 15.5. The highest BCUT2D eigenvalue weighted by Gasteiger charge is 2.06. The van der Waals surface area contributed by atoms with Gasteiger partial charge in [-0.3, -0.25) is 0 Å². The summed E-state index contributed by atoms with van der Waals surface area (Å²) in [4.78, 5) is 0. The lowest BCUT2D eigenvalue weighted by molar-refractivity contribution is 0.393. The molecule has 0 saturated heterocycles. The first-order chi connectivity index (χ1) is 9.15. The summed E-state index contributed by atoms with van der Waals surface area (Å²) in [5.41, 5.74) is 7.88. The summed E-state index contributed by atoms with van der Waals surface area (Å²) >= 11 is 0. The molecule has 0 spiro atoms. The minimum atomic E-state index is 0.545. The van der Waals surface area contributed by atoms with Crippen molar-refractivity contribution in [2.24, 2.45) is 0 Å². The smallest absolute Gasteiger partial charge is 0.157 e. The van der Waals surface area contributed by atoms with Gasteiger partial charge in [0.1, 0.15) is 22.9 Å². The van der Waals surface area contributed by atoms with Crippen LogP contribution in [0.2, 0.25) is 0 Å². The van der Waals surface area contributed by atoms with Crippen LogP contribution in [0.15, 0.2) is 22.7 Å². The molecule has 5 heteroatoms. The van der Waals surface area contributed by atoms with Gasteiger partial charge in [0.25, 0.3) is 0 Å². The van der Waals surface area contributed by atoms with Crippen molar-refractivity contribution in [2.45, 2.75) is 6.92 Å². The number of nitrogen functional groups attached to an aromatic ring is 1. The van der Waals surface area contributed by atoms with Crippen molar-refractivity contribution in [3.8, 4) is 11.5 Å². The van der Waals surface area contributed by atoms with Crippen LogP contribution in [0.1, 0.15) is 17.0 Å². The number of nitrogens with two attached hydrogens (primary N) is 1. The van der Waals surface area contributed by atoms with E-state index in [9.17, 15) is 0 Å². The Morgan fingerprint density at radius 1 is 1.21 bits per heavy atom. The van der Waals surface area contributed by atoms with Crippen molar-refractivity contribution in [3.63, 3.8) is 0 Å². The van der Waals surface area contributed by atoms with Crippen LogP contribution in [0.4, 0.5) is 5.69 Å². The molecule has 2 rings (SSSR count).